The maximum atomic E-state index is 13.1. The Hall–Kier alpha value is -1.40. The molecule has 0 fully saturated rings. The van der Waals surface area contributed by atoms with Crippen molar-refractivity contribution < 1.29 is 28.2 Å². The van der Waals surface area contributed by atoms with Gasteiger partial charge in [-0.2, -0.15) is 0 Å². The largest absolute Gasteiger partial charge is 0.465 e. The van der Waals surface area contributed by atoms with Crippen molar-refractivity contribution in [3.63, 3.8) is 0 Å². The van der Waals surface area contributed by atoms with E-state index in [1.807, 2.05) is 5.32 Å². The van der Waals surface area contributed by atoms with Crippen LogP contribution < -0.4 is 5.32 Å². The molecule has 0 aromatic heterocycles. The van der Waals surface area contributed by atoms with E-state index in [9.17, 15) is 18.4 Å². The van der Waals surface area contributed by atoms with Crippen molar-refractivity contribution >= 4 is 12.1 Å². The van der Waals surface area contributed by atoms with Gasteiger partial charge in [-0.15, -0.1) is 0 Å². The van der Waals surface area contributed by atoms with Crippen molar-refractivity contribution in [2.24, 2.45) is 0 Å². The highest BCUT2D eigenvalue weighted by Crippen LogP contribution is 2.25. The van der Waals surface area contributed by atoms with Gasteiger partial charge in [0.1, 0.15) is 11.6 Å². The first kappa shape index (κ1) is 17.6. The van der Waals surface area contributed by atoms with E-state index in [2.05, 4.69) is 0 Å². The summed E-state index contributed by atoms with van der Waals surface area (Å²) in [5.41, 5.74) is -0.803. The number of amides is 1. The second kappa shape index (κ2) is 6.68. The van der Waals surface area contributed by atoms with Crippen LogP contribution in [0.15, 0.2) is 0 Å². The molecule has 0 bridgehead atoms. The quantitative estimate of drug-likeness (QED) is 0.734. The molecule has 0 aliphatic carbocycles. The van der Waals surface area contributed by atoms with Crippen LogP contribution in [0, 0.1) is 0 Å². The fraction of sp³-hybridized carbons (Fsp3) is 0.833. The first-order valence-corrected chi connectivity index (χ1v) is 6.07. The number of alkyl halides is 2. The van der Waals surface area contributed by atoms with E-state index < -0.39 is 36.0 Å². The lowest BCUT2D eigenvalue weighted by molar-refractivity contribution is -0.157. The third-order valence-corrected chi connectivity index (χ3v) is 2.31. The summed E-state index contributed by atoms with van der Waals surface area (Å²) in [7, 11) is 0. The Balaban J connectivity index is 4.63. The number of nitrogens with one attached hydrogen (secondary N) is 1. The molecule has 7 heteroatoms. The Bertz CT molecular complexity index is 326. The van der Waals surface area contributed by atoms with Gasteiger partial charge in [0, 0.05) is 12.8 Å². The SMILES string of the molecule is CCC(F)(F)CC[C@H](NC(=O)O)C(=O)OC(C)(C)C. The molecule has 0 spiro atoms. The Morgan fingerprint density at radius 1 is 1.32 bits per heavy atom. The van der Waals surface area contributed by atoms with Gasteiger partial charge >= 0.3 is 12.1 Å². The van der Waals surface area contributed by atoms with Crippen LogP contribution in [0.3, 0.4) is 0 Å². The second-order valence-electron chi connectivity index (χ2n) is 5.28. The zero-order chi connectivity index (χ0) is 15.3. The van der Waals surface area contributed by atoms with Crippen LogP contribution in [-0.4, -0.2) is 34.7 Å². The summed E-state index contributed by atoms with van der Waals surface area (Å²) in [4.78, 5) is 22.3. The van der Waals surface area contributed by atoms with Gasteiger partial charge in [0.2, 0.25) is 5.92 Å². The van der Waals surface area contributed by atoms with Crippen LogP contribution in [0.4, 0.5) is 13.6 Å². The van der Waals surface area contributed by atoms with E-state index in [-0.39, 0.29) is 12.8 Å². The summed E-state index contributed by atoms with van der Waals surface area (Å²) in [6.45, 7) is 6.17. The highest BCUT2D eigenvalue weighted by Gasteiger charge is 2.32. The van der Waals surface area contributed by atoms with Gasteiger partial charge in [-0.3, -0.25) is 0 Å². The summed E-state index contributed by atoms with van der Waals surface area (Å²) in [5.74, 6) is -3.76. The minimum Gasteiger partial charge on any atom is -0.465 e. The number of halogens is 2. The molecule has 0 aromatic carbocycles. The zero-order valence-electron chi connectivity index (χ0n) is 11.6. The predicted octanol–water partition coefficient (Wildman–Crippen LogP) is 2.79. The Morgan fingerprint density at radius 2 is 1.84 bits per heavy atom. The maximum absolute atomic E-state index is 13.1. The van der Waals surface area contributed by atoms with Crippen molar-refractivity contribution in [2.45, 2.75) is 64.5 Å². The first-order chi connectivity index (χ1) is 8.47. The molecular formula is C12H21F2NO4. The van der Waals surface area contributed by atoms with E-state index in [0.29, 0.717) is 0 Å². The molecule has 0 unspecified atom stereocenters. The van der Waals surface area contributed by atoms with Crippen molar-refractivity contribution in [3.05, 3.63) is 0 Å². The number of hydrogen-bond acceptors (Lipinski definition) is 3. The number of esters is 1. The molecule has 0 aliphatic heterocycles. The van der Waals surface area contributed by atoms with Crippen LogP contribution in [0.1, 0.15) is 47.0 Å². The van der Waals surface area contributed by atoms with Gasteiger partial charge in [0.15, 0.2) is 0 Å². The number of hydrogen-bond donors (Lipinski definition) is 2. The lowest BCUT2D eigenvalue weighted by atomic mass is 10.1. The topological polar surface area (TPSA) is 75.6 Å². The highest BCUT2D eigenvalue weighted by molar-refractivity contribution is 5.80. The number of rotatable bonds is 6. The maximum Gasteiger partial charge on any atom is 0.405 e. The predicted molar refractivity (Wildman–Crippen MR) is 65.3 cm³/mol. The summed E-state index contributed by atoms with van der Waals surface area (Å²) < 4.78 is 31.2. The van der Waals surface area contributed by atoms with Crippen molar-refractivity contribution in [2.75, 3.05) is 0 Å². The average Bonchev–Trinajstić information content (AvgIpc) is 2.21. The molecule has 5 nitrogen and oxygen atoms in total. The molecule has 0 aliphatic rings. The molecular weight excluding hydrogens is 260 g/mol. The number of carbonyl (C=O) groups excluding carboxylic acids is 1. The molecule has 0 aromatic rings. The van der Waals surface area contributed by atoms with Crippen LogP contribution >= 0.6 is 0 Å². The number of carbonyl (C=O) groups is 2. The van der Waals surface area contributed by atoms with Gasteiger partial charge in [0.05, 0.1) is 0 Å². The monoisotopic (exact) mass is 281 g/mol. The Kier molecular flexibility index (Phi) is 6.18. The molecule has 0 radical (unpaired) electrons. The minimum absolute atomic E-state index is 0.304. The highest BCUT2D eigenvalue weighted by atomic mass is 19.3. The molecule has 1 atom stereocenters. The molecule has 2 N–H and O–H groups in total. The molecule has 112 valence electrons. The van der Waals surface area contributed by atoms with Gasteiger partial charge < -0.3 is 15.2 Å². The smallest absolute Gasteiger partial charge is 0.405 e. The van der Waals surface area contributed by atoms with Crippen LogP contribution in [-0.2, 0) is 9.53 Å². The fourth-order valence-electron chi connectivity index (χ4n) is 1.30. The molecule has 0 saturated carbocycles. The Morgan fingerprint density at radius 3 is 2.21 bits per heavy atom. The molecule has 0 saturated heterocycles. The minimum atomic E-state index is -2.92. The van der Waals surface area contributed by atoms with Gasteiger partial charge in [-0.1, -0.05) is 6.92 Å². The summed E-state index contributed by atoms with van der Waals surface area (Å²) in [5, 5.41) is 10.5. The van der Waals surface area contributed by atoms with Crippen molar-refractivity contribution in [1.82, 2.24) is 5.32 Å². The molecule has 0 heterocycles. The van der Waals surface area contributed by atoms with E-state index in [4.69, 9.17) is 9.84 Å². The van der Waals surface area contributed by atoms with Crippen molar-refractivity contribution in [1.29, 1.82) is 0 Å². The third-order valence-electron chi connectivity index (χ3n) is 2.31. The number of ether oxygens (including phenoxy) is 1. The van der Waals surface area contributed by atoms with E-state index in [1.165, 1.54) is 6.92 Å². The summed E-state index contributed by atoms with van der Waals surface area (Å²) in [6.07, 6.45) is -2.69. The van der Waals surface area contributed by atoms with Crippen LogP contribution in [0.5, 0.6) is 0 Å². The second-order valence-corrected chi connectivity index (χ2v) is 5.28. The van der Waals surface area contributed by atoms with Crippen LogP contribution in [0.2, 0.25) is 0 Å². The molecule has 0 rings (SSSR count). The molecule has 19 heavy (non-hydrogen) atoms. The van der Waals surface area contributed by atoms with E-state index >= 15 is 0 Å². The summed E-state index contributed by atoms with van der Waals surface area (Å²) in [6, 6.07) is -1.28. The normalized spacial score (nSPS) is 13.8. The summed E-state index contributed by atoms with van der Waals surface area (Å²) >= 11 is 0. The lowest BCUT2D eigenvalue weighted by Gasteiger charge is -2.24. The third kappa shape index (κ3) is 8.34. The van der Waals surface area contributed by atoms with E-state index in [1.54, 1.807) is 20.8 Å². The zero-order valence-corrected chi connectivity index (χ0v) is 11.6. The standard InChI is InChI=1S/C12H21F2NO4/c1-5-12(13,14)7-6-8(15-10(17)18)9(16)19-11(2,3)4/h8,15H,5-7H2,1-4H3,(H,17,18)/t8-/m0/s1. The molecule has 1 amide bonds. The van der Waals surface area contributed by atoms with Gasteiger partial charge in [-0.25, -0.2) is 18.4 Å². The Labute approximate surface area is 111 Å². The lowest BCUT2D eigenvalue weighted by Crippen LogP contribution is -2.44. The van der Waals surface area contributed by atoms with E-state index in [0.717, 1.165) is 0 Å². The average molecular weight is 281 g/mol. The van der Waals surface area contributed by atoms with Gasteiger partial charge in [0.25, 0.3) is 0 Å². The van der Waals surface area contributed by atoms with Gasteiger partial charge in [-0.05, 0) is 27.2 Å². The number of carboxylic acid groups (broad SMARTS) is 1. The van der Waals surface area contributed by atoms with Crippen LogP contribution in [0.25, 0.3) is 0 Å². The first-order valence-electron chi connectivity index (χ1n) is 6.07. The van der Waals surface area contributed by atoms with Crippen molar-refractivity contribution in [3.8, 4) is 0 Å². The fourth-order valence-corrected chi connectivity index (χ4v) is 1.30.